The van der Waals surface area contributed by atoms with Crippen LogP contribution in [0.5, 0.6) is 0 Å². The topological polar surface area (TPSA) is 87.6 Å². The average Bonchev–Trinajstić information content (AvgIpc) is 2.50. The number of nitrogens with zero attached hydrogens (tertiary/aromatic N) is 2. The van der Waals surface area contributed by atoms with Crippen molar-refractivity contribution in [2.24, 2.45) is 11.5 Å². The third-order valence-electron chi connectivity index (χ3n) is 4.21. The van der Waals surface area contributed by atoms with Gasteiger partial charge in [-0.3, -0.25) is 14.8 Å². The molecular weight excluding hydrogens is 309 g/mol. The molecule has 134 valence electrons. The molecule has 1 fully saturated rings. The molecule has 1 heterocycles. The largest absolute Gasteiger partial charge is 0.340 e. The van der Waals surface area contributed by atoms with E-state index in [0.29, 0.717) is 12.3 Å². The first kappa shape index (κ1) is 20.4. The number of nitrogens with two attached hydrogens (primary N) is 2. The maximum atomic E-state index is 12.3. The summed E-state index contributed by atoms with van der Waals surface area (Å²) in [5.74, 6) is 0.291. The molecule has 1 saturated heterocycles. The van der Waals surface area contributed by atoms with Crippen LogP contribution in [0.1, 0.15) is 32.6 Å². The van der Waals surface area contributed by atoms with Crippen molar-refractivity contribution in [1.82, 2.24) is 14.9 Å². The average molecular weight is 343 g/mol. The van der Waals surface area contributed by atoms with Crippen LogP contribution in [-0.4, -0.2) is 73.3 Å². The third kappa shape index (κ3) is 7.67. The van der Waals surface area contributed by atoms with Crippen LogP contribution in [0, 0.1) is 0 Å². The molecule has 6 nitrogen and oxygen atoms in total. The second kappa shape index (κ2) is 10.3. The van der Waals surface area contributed by atoms with Crippen LogP contribution in [0.3, 0.4) is 0 Å². The number of piperazine rings is 1. The molecule has 1 rings (SSSR count). The SMILES string of the molecule is CC=C=P(C)(C)N1CCN(C(=O)CCCCCNC(N)N)CC1. The molecule has 23 heavy (non-hydrogen) atoms. The summed E-state index contributed by atoms with van der Waals surface area (Å²) < 4.78 is 2.50. The highest BCUT2D eigenvalue weighted by atomic mass is 31.2. The Hall–Kier alpha value is -0.610. The molecule has 0 bridgehead atoms. The molecule has 1 amide bonds. The lowest BCUT2D eigenvalue weighted by atomic mass is 10.1. The quantitative estimate of drug-likeness (QED) is 0.342. The number of nitrogens with one attached hydrogen (secondary N) is 1. The minimum Gasteiger partial charge on any atom is -0.340 e. The van der Waals surface area contributed by atoms with E-state index >= 15 is 0 Å². The van der Waals surface area contributed by atoms with Gasteiger partial charge in [0.15, 0.2) is 0 Å². The first-order chi connectivity index (χ1) is 10.9. The highest BCUT2D eigenvalue weighted by molar-refractivity contribution is 7.70. The third-order valence-corrected chi connectivity index (χ3v) is 6.91. The fourth-order valence-corrected chi connectivity index (χ4v) is 4.82. The first-order valence-corrected chi connectivity index (χ1v) is 11.2. The molecule has 0 unspecified atom stereocenters. The Labute approximate surface area is 141 Å². The van der Waals surface area contributed by atoms with E-state index in [1.165, 1.54) is 0 Å². The van der Waals surface area contributed by atoms with Gasteiger partial charge >= 0.3 is 0 Å². The van der Waals surface area contributed by atoms with Gasteiger partial charge < -0.3 is 16.4 Å². The van der Waals surface area contributed by atoms with Gasteiger partial charge in [0.25, 0.3) is 0 Å². The minimum absolute atomic E-state index is 0.291. The predicted molar refractivity (Wildman–Crippen MR) is 101 cm³/mol. The molecule has 7 heteroatoms. The van der Waals surface area contributed by atoms with Crippen molar-refractivity contribution in [3.63, 3.8) is 0 Å². The van der Waals surface area contributed by atoms with Gasteiger partial charge in [-0.15, -0.1) is 5.45 Å². The fraction of sp³-hybridized carbons (Fsp3) is 0.812. The van der Waals surface area contributed by atoms with Crippen molar-refractivity contribution >= 4 is 18.4 Å². The van der Waals surface area contributed by atoms with Crippen molar-refractivity contribution in [3.8, 4) is 0 Å². The second-order valence-corrected chi connectivity index (χ2v) is 10.0. The Morgan fingerprint density at radius 1 is 1.22 bits per heavy atom. The number of carbonyl (C=O) groups excluding carboxylic acids is 1. The van der Waals surface area contributed by atoms with E-state index < -0.39 is 13.3 Å². The number of rotatable bonds is 8. The fourth-order valence-electron chi connectivity index (χ4n) is 2.85. The van der Waals surface area contributed by atoms with Crippen LogP contribution in [0.25, 0.3) is 0 Å². The molecule has 5 N–H and O–H groups in total. The van der Waals surface area contributed by atoms with Crippen LogP contribution >= 0.6 is 7.04 Å². The molecule has 0 aromatic heterocycles. The highest BCUT2D eigenvalue weighted by Crippen LogP contribution is 2.41. The van der Waals surface area contributed by atoms with Crippen LogP contribution in [-0.2, 0) is 4.79 Å². The van der Waals surface area contributed by atoms with Crippen LogP contribution < -0.4 is 16.8 Å². The van der Waals surface area contributed by atoms with Gasteiger partial charge in [-0.2, -0.15) is 0 Å². The van der Waals surface area contributed by atoms with Crippen LogP contribution in [0.2, 0.25) is 0 Å². The summed E-state index contributed by atoms with van der Waals surface area (Å²) in [7, 11) is -1.25. The Bertz CT molecular complexity index is 445. The second-order valence-electron chi connectivity index (χ2n) is 6.44. The zero-order valence-corrected chi connectivity index (χ0v) is 15.8. The Kier molecular flexibility index (Phi) is 9.15. The summed E-state index contributed by atoms with van der Waals surface area (Å²) in [6.07, 6.45) is 5.20. The van der Waals surface area contributed by atoms with Gasteiger partial charge in [-0.1, -0.05) is 6.42 Å². The van der Waals surface area contributed by atoms with Crippen molar-refractivity contribution in [2.45, 2.75) is 38.9 Å². The minimum atomic E-state index is -1.25. The number of hydrogen-bond acceptors (Lipinski definition) is 5. The van der Waals surface area contributed by atoms with E-state index in [1.807, 2.05) is 17.9 Å². The van der Waals surface area contributed by atoms with Crippen molar-refractivity contribution in [3.05, 3.63) is 6.08 Å². The first-order valence-electron chi connectivity index (χ1n) is 8.54. The summed E-state index contributed by atoms with van der Waals surface area (Å²) in [4.78, 5) is 14.3. The van der Waals surface area contributed by atoms with E-state index in [0.717, 1.165) is 52.0 Å². The Morgan fingerprint density at radius 2 is 1.87 bits per heavy atom. The maximum absolute atomic E-state index is 12.3. The van der Waals surface area contributed by atoms with E-state index in [4.69, 9.17) is 11.5 Å². The van der Waals surface area contributed by atoms with E-state index in [-0.39, 0.29) is 0 Å². The monoisotopic (exact) mass is 343 g/mol. The normalized spacial score (nSPS) is 16.5. The molecule has 0 radical (unpaired) electrons. The van der Waals surface area contributed by atoms with Gasteiger partial charge in [0, 0.05) is 32.6 Å². The zero-order valence-electron chi connectivity index (χ0n) is 14.9. The van der Waals surface area contributed by atoms with Gasteiger partial charge in [0.2, 0.25) is 5.91 Å². The summed E-state index contributed by atoms with van der Waals surface area (Å²) in [6, 6.07) is 0. The molecule has 0 spiro atoms. The number of unbranched alkanes of at least 4 members (excludes halogenated alkanes) is 2. The zero-order chi connectivity index (χ0) is 17.3. The summed E-state index contributed by atoms with van der Waals surface area (Å²) >= 11 is 0. The van der Waals surface area contributed by atoms with Crippen molar-refractivity contribution in [2.75, 3.05) is 46.1 Å². The van der Waals surface area contributed by atoms with E-state index in [9.17, 15) is 4.79 Å². The van der Waals surface area contributed by atoms with Gasteiger partial charge in [0.05, 0.1) is 0 Å². The lowest BCUT2D eigenvalue weighted by Gasteiger charge is -2.39. The summed E-state index contributed by atoms with van der Waals surface area (Å²) in [5.41, 5.74) is 14.3. The standard InChI is InChI=1S/C16H34N5OP/c1-4-14-23(2,3)21-12-10-20(11-13-21)15(22)8-6-5-7-9-19-16(17)18/h4,16,19H,5-13,17-18H2,1-3H3. The number of amides is 1. The maximum Gasteiger partial charge on any atom is 0.222 e. The molecule has 1 aliphatic rings. The van der Waals surface area contributed by atoms with Crippen LogP contribution in [0.15, 0.2) is 6.08 Å². The van der Waals surface area contributed by atoms with Gasteiger partial charge in [-0.25, -0.2) is 0 Å². The number of hydrogen-bond donors (Lipinski definition) is 3. The van der Waals surface area contributed by atoms with Crippen molar-refractivity contribution < 1.29 is 4.79 Å². The molecule has 1 aliphatic heterocycles. The smallest absolute Gasteiger partial charge is 0.222 e. The number of carbonyl (C=O) groups is 1. The Morgan fingerprint density at radius 3 is 2.43 bits per heavy atom. The molecule has 0 aromatic rings. The number of allylic oxidation sites excluding steroid dienone is 1. The lowest BCUT2D eigenvalue weighted by Crippen LogP contribution is -2.47. The molecule has 0 aliphatic carbocycles. The lowest BCUT2D eigenvalue weighted by molar-refractivity contribution is -0.132. The Balaban J connectivity index is 2.24. The highest BCUT2D eigenvalue weighted by Gasteiger charge is 2.24. The predicted octanol–water partition coefficient (Wildman–Crippen LogP) is 0.651. The van der Waals surface area contributed by atoms with Crippen molar-refractivity contribution in [1.29, 1.82) is 0 Å². The molecule has 0 aromatic carbocycles. The molecule has 0 saturated carbocycles. The van der Waals surface area contributed by atoms with Gasteiger partial charge in [0.1, 0.15) is 6.29 Å². The molecule has 0 atom stereocenters. The van der Waals surface area contributed by atoms with Crippen LogP contribution in [0.4, 0.5) is 0 Å². The van der Waals surface area contributed by atoms with Gasteiger partial charge in [-0.05, 0) is 52.8 Å². The summed E-state index contributed by atoms with van der Waals surface area (Å²) in [6.45, 7) is 11.0. The summed E-state index contributed by atoms with van der Waals surface area (Å²) in [5, 5.41) is 2.98. The van der Waals surface area contributed by atoms with E-state index in [1.54, 1.807) is 0 Å². The van der Waals surface area contributed by atoms with E-state index in [2.05, 4.69) is 28.8 Å². The molecular formula is C16H34N5OP.